The number of piperazine rings is 1. The molecule has 2 amide bonds. The van der Waals surface area contributed by atoms with Crippen molar-refractivity contribution in [3.63, 3.8) is 0 Å². The maximum atomic E-state index is 13.0. The van der Waals surface area contributed by atoms with Gasteiger partial charge < -0.3 is 14.5 Å². The highest BCUT2D eigenvalue weighted by Crippen LogP contribution is 2.29. The van der Waals surface area contributed by atoms with Crippen LogP contribution in [0.5, 0.6) is 0 Å². The van der Waals surface area contributed by atoms with E-state index < -0.39 is 11.7 Å². The van der Waals surface area contributed by atoms with Crippen LogP contribution in [0.1, 0.15) is 34.5 Å². The summed E-state index contributed by atoms with van der Waals surface area (Å²) in [5.74, 6) is -0.0709. The van der Waals surface area contributed by atoms with Gasteiger partial charge in [-0.15, -0.1) is 0 Å². The lowest BCUT2D eigenvalue weighted by atomic mass is 10.1. The number of carbonyl (C=O) groups excluding carboxylic acids is 2. The summed E-state index contributed by atoms with van der Waals surface area (Å²) in [6.07, 6.45) is -1.11. The van der Waals surface area contributed by atoms with Crippen molar-refractivity contribution in [1.82, 2.24) is 24.6 Å². The van der Waals surface area contributed by atoms with E-state index in [9.17, 15) is 22.8 Å². The van der Waals surface area contributed by atoms with Crippen LogP contribution in [0, 0.1) is 6.92 Å². The summed E-state index contributed by atoms with van der Waals surface area (Å²) in [6.45, 7) is 3.90. The highest BCUT2D eigenvalue weighted by Gasteiger charge is 2.33. The standard InChI is InChI=1S/C20H22F3N5O3/c1-13-15(12-25-28(13)17-5-4-14(11-24-17)20(21,22)23)18(29)26-6-8-27(9-7-26)19(30)16-3-2-10-31-16/h4-5,11-12,16H,2-3,6-10H2,1H3. The van der Waals surface area contributed by atoms with E-state index in [2.05, 4.69) is 10.1 Å². The molecule has 2 aliphatic heterocycles. The molecule has 2 fully saturated rings. The molecule has 0 aromatic carbocycles. The van der Waals surface area contributed by atoms with Gasteiger partial charge in [-0.05, 0) is 31.9 Å². The average Bonchev–Trinajstić information content (AvgIpc) is 3.42. The first-order chi connectivity index (χ1) is 14.8. The van der Waals surface area contributed by atoms with Crippen LogP contribution in [-0.2, 0) is 15.7 Å². The van der Waals surface area contributed by atoms with E-state index in [1.165, 1.54) is 16.9 Å². The lowest BCUT2D eigenvalue weighted by Gasteiger charge is -2.35. The van der Waals surface area contributed by atoms with E-state index in [4.69, 9.17) is 4.74 Å². The summed E-state index contributed by atoms with van der Waals surface area (Å²) in [5, 5.41) is 4.13. The Morgan fingerprint density at radius 1 is 1.10 bits per heavy atom. The first-order valence-electron chi connectivity index (χ1n) is 10.0. The Balaban J connectivity index is 1.42. The minimum Gasteiger partial charge on any atom is -0.368 e. The number of alkyl halides is 3. The predicted molar refractivity (Wildman–Crippen MR) is 103 cm³/mol. The Morgan fingerprint density at radius 2 is 1.81 bits per heavy atom. The fourth-order valence-corrected chi connectivity index (χ4v) is 3.81. The topological polar surface area (TPSA) is 80.6 Å². The Bertz CT molecular complexity index is 959. The zero-order valence-corrected chi connectivity index (χ0v) is 16.9. The first-order valence-corrected chi connectivity index (χ1v) is 10.0. The number of hydrogen-bond donors (Lipinski definition) is 0. The normalized spacial score (nSPS) is 19.7. The highest BCUT2D eigenvalue weighted by molar-refractivity contribution is 5.95. The van der Waals surface area contributed by atoms with Crippen LogP contribution < -0.4 is 0 Å². The molecule has 0 aliphatic carbocycles. The number of rotatable bonds is 3. The summed E-state index contributed by atoms with van der Waals surface area (Å²) < 4.78 is 45.0. The molecule has 0 N–H and O–H groups in total. The Kier molecular flexibility index (Phi) is 5.69. The molecule has 2 aromatic rings. The summed E-state index contributed by atoms with van der Waals surface area (Å²) in [5.41, 5.74) is -0.0245. The number of carbonyl (C=O) groups is 2. The zero-order valence-electron chi connectivity index (χ0n) is 16.9. The molecule has 4 heterocycles. The van der Waals surface area contributed by atoms with Gasteiger partial charge in [0.15, 0.2) is 5.82 Å². The number of amides is 2. The molecule has 11 heteroatoms. The summed E-state index contributed by atoms with van der Waals surface area (Å²) in [4.78, 5) is 32.6. The Labute approximate surface area is 176 Å². The fraction of sp³-hybridized carbons (Fsp3) is 0.500. The van der Waals surface area contributed by atoms with Gasteiger partial charge in [-0.1, -0.05) is 0 Å². The summed E-state index contributed by atoms with van der Waals surface area (Å²) in [7, 11) is 0. The van der Waals surface area contributed by atoms with Gasteiger partial charge in [0.05, 0.1) is 23.0 Å². The predicted octanol–water partition coefficient (Wildman–Crippen LogP) is 2.06. The fourth-order valence-electron chi connectivity index (χ4n) is 3.81. The van der Waals surface area contributed by atoms with Crippen molar-refractivity contribution in [3.05, 3.63) is 41.3 Å². The Morgan fingerprint density at radius 3 is 2.39 bits per heavy atom. The Hall–Kier alpha value is -2.95. The van der Waals surface area contributed by atoms with Crippen LogP contribution in [-0.4, -0.2) is 75.3 Å². The molecule has 1 unspecified atom stereocenters. The third kappa shape index (κ3) is 4.27. The highest BCUT2D eigenvalue weighted by atomic mass is 19.4. The van der Waals surface area contributed by atoms with Crippen LogP contribution in [0.3, 0.4) is 0 Å². The molecule has 2 saturated heterocycles. The summed E-state index contributed by atoms with van der Waals surface area (Å²) in [6, 6.07) is 2.14. The van der Waals surface area contributed by atoms with Gasteiger partial charge in [0.2, 0.25) is 0 Å². The minimum absolute atomic E-state index is 0.0259. The second-order valence-electron chi connectivity index (χ2n) is 7.58. The zero-order chi connectivity index (χ0) is 22.2. The molecule has 2 aromatic heterocycles. The molecule has 31 heavy (non-hydrogen) atoms. The van der Waals surface area contributed by atoms with E-state index in [1.807, 2.05) is 0 Å². The molecular formula is C20H22F3N5O3. The van der Waals surface area contributed by atoms with Gasteiger partial charge in [0.25, 0.3) is 11.8 Å². The van der Waals surface area contributed by atoms with E-state index >= 15 is 0 Å². The maximum Gasteiger partial charge on any atom is 0.417 e. The van der Waals surface area contributed by atoms with Crippen molar-refractivity contribution in [2.24, 2.45) is 0 Å². The SMILES string of the molecule is Cc1c(C(=O)N2CCN(C(=O)C3CCCO3)CC2)cnn1-c1ccc(C(F)(F)F)cn1. The molecule has 4 rings (SSSR count). The van der Waals surface area contributed by atoms with Crippen molar-refractivity contribution >= 4 is 11.8 Å². The van der Waals surface area contributed by atoms with Crippen LogP contribution in [0.2, 0.25) is 0 Å². The number of halogens is 3. The smallest absolute Gasteiger partial charge is 0.368 e. The quantitative estimate of drug-likeness (QED) is 0.735. The van der Waals surface area contributed by atoms with Crippen molar-refractivity contribution in [2.45, 2.75) is 32.0 Å². The molecule has 2 aliphatic rings. The van der Waals surface area contributed by atoms with E-state index in [0.717, 1.165) is 25.1 Å². The van der Waals surface area contributed by atoms with Crippen molar-refractivity contribution in [3.8, 4) is 5.82 Å². The third-order valence-electron chi connectivity index (χ3n) is 5.62. The lowest BCUT2D eigenvalue weighted by molar-refractivity contribution is -0.142. The molecule has 166 valence electrons. The van der Waals surface area contributed by atoms with E-state index in [1.54, 1.807) is 16.7 Å². The van der Waals surface area contributed by atoms with Crippen LogP contribution in [0.4, 0.5) is 13.2 Å². The summed E-state index contributed by atoms with van der Waals surface area (Å²) >= 11 is 0. The number of nitrogens with zero attached hydrogens (tertiary/aromatic N) is 5. The first kappa shape index (κ1) is 21.3. The largest absolute Gasteiger partial charge is 0.417 e. The minimum atomic E-state index is -4.47. The van der Waals surface area contributed by atoms with Gasteiger partial charge in [0, 0.05) is 39.0 Å². The van der Waals surface area contributed by atoms with Gasteiger partial charge in [0.1, 0.15) is 6.10 Å². The molecular weight excluding hydrogens is 415 g/mol. The van der Waals surface area contributed by atoms with Gasteiger partial charge in [-0.3, -0.25) is 9.59 Å². The van der Waals surface area contributed by atoms with Crippen LogP contribution in [0.15, 0.2) is 24.5 Å². The van der Waals surface area contributed by atoms with E-state index in [0.29, 0.717) is 44.0 Å². The van der Waals surface area contributed by atoms with Crippen LogP contribution in [0.25, 0.3) is 5.82 Å². The van der Waals surface area contributed by atoms with Gasteiger partial charge >= 0.3 is 6.18 Å². The second-order valence-corrected chi connectivity index (χ2v) is 7.58. The maximum absolute atomic E-state index is 13.0. The molecule has 0 spiro atoms. The van der Waals surface area contributed by atoms with Crippen molar-refractivity contribution < 1.29 is 27.5 Å². The second kappa shape index (κ2) is 8.29. The van der Waals surface area contributed by atoms with E-state index in [-0.39, 0.29) is 23.7 Å². The lowest BCUT2D eigenvalue weighted by Crippen LogP contribution is -2.52. The number of pyridine rings is 1. The third-order valence-corrected chi connectivity index (χ3v) is 5.62. The number of aromatic nitrogens is 3. The van der Waals surface area contributed by atoms with Crippen LogP contribution >= 0.6 is 0 Å². The molecule has 8 nitrogen and oxygen atoms in total. The van der Waals surface area contributed by atoms with Gasteiger partial charge in [-0.25, -0.2) is 9.67 Å². The van der Waals surface area contributed by atoms with Crippen molar-refractivity contribution in [2.75, 3.05) is 32.8 Å². The van der Waals surface area contributed by atoms with Crippen molar-refractivity contribution in [1.29, 1.82) is 0 Å². The number of ether oxygens (including phenoxy) is 1. The average molecular weight is 437 g/mol. The molecule has 0 radical (unpaired) electrons. The molecule has 0 bridgehead atoms. The monoisotopic (exact) mass is 437 g/mol. The van der Waals surface area contributed by atoms with Gasteiger partial charge in [-0.2, -0.15) is 18.3 Å². The molecule has 0 saturated carbocycles. The number of hydrogen-bond acceptors (Lipinski definition) is 5. The molecule has 1 atom stereocenters.